The lowest BCUT2D eigenvalue weighted by Crippen LogP contribution is -2.28. The molecule has 2 aromatic rings. The van der Waals surface area contributed by atoms with E-state index in [2.05, 4.69) is 28.7 Å². The Morgan fingerprint density at radius 3 is 2.14 bits per heavy atom. The molecule has 0 aliphatic rings. The van der Waals surface area contributed by atoms with Crippen molar-refractivity contribution in [1.82, 2.24) is 9.97 Å². The van der Waals surface area contributed by atoms with Crippen LogP contribution in [-0.4, -0.2) is 36.0 Å². The average molecular weight is 284 g/mol. The van der Waals surface area contributed by atoms with Gasteiger partial charge >= 0.3 is 0 Å². The molecule has 1 aromatic heterocycles. The Hall–Kier alpha value is -2.43. The van der Waals surface area contributed by atoms with Gasteiger partial charge < -0.3 is 4.90 Å². The SMILES string of the molecule is CCN(CC)c1cnc(N(C)C(=O)c2ccccc2)nc1. The Labute approximate surface area is 125 Å². The summed E-state index contributed by atoms with van der Waals surface area (Å²) in [5, 5.41) is 0. The number of benzene rings is 1. The van der Waals surface area contributed by atoms with Crippen molar-refractivity contribution in [2.24, 2.45) is 0 Å². The van der Waals surface area contributed by atoms with Crippen molar-refractivity contribution in [2.45, 2.75) is 13.8 Å². The van der Waals surface area contributed by atoms with E-state index in [1.54, 1.807) is 31.6 Å². The van der Waals surface area contributed by atoms with Gasteiger partial charge in [-0.2, -0.15) is 0 Å². The van der Waals surface area contributed by atoms with Gasteiger partial charge in [0, 0.05) is 25.7 Å². The van der Waals surface area contributed by atoms with Gasteiger partial charge in [-0.15, -0.1) is 0 Å². The molecule has 0 saturated carbocycles. The molecule has 0 fully saturated rings. The number of rotatable bonds is 5. The predicted octanol–water partition coefficient (Wildman–Crippen LogP) is 2.60. The number of hydrogen-bond donors (Lipinski definition) is 0. The molecule has 0 radical (unpaired) electrons. The lowest BCUT2D eigenvalue weighted by atomic mass is 10.2. The van der Waals surface area contributed by atoms with Crippen molar-refractivity contribution in [1.29, 1.82) is 0 Å². The number of nitrogens with zero attached hydrogens (tertiary/aromatic N) is 4. The highest BCUT2D eigenvalue weighted by Gasteiger charge is 2.15. The maximum Gasteiger partial charge on any atom is 0.260 e. The third-order valence-electron chi connectivity index (χ3n) is 3.38. The summed E-state index contributed by atoms with van der Waals surface area (Å²) in [5.74, 6) is 0.283. The summed E-state index contributed by atoms with van der Waals surface area (Å²) >= 11 is 0. The first-order valence-electron chi connectivity index (χ1n) is 7.07. The summed E-state index contributed by atoms with van der Waals surface area (Å²) in [6, 6.07) is 9.12. The predicted molar refractivity (Wildman–Crippen MR) is 84.8 cm³/mol. The molecule has 5 nitrogen and oxygen atoms in total. The van der Waals surface area contributed by atoms with Gasteiger partial charge in [-0.25, -0.2) is 9.97 Å². The van der Waals surface area contributed by atoms with Crippen LogP contribution in [0.5, 0.6) is 0 Å². The first-order valence-corrected chi connectivity index (χ1v) is 7.07. The minimum atomic E-state index is -0.119. The number of amides is 1. The molecule has 0 N–H and O–H groups in total. The Morgan fingerprint density at radius 1 is 1.05 bits per heavy atom. The topological polar surface area (TPSA) is 49.3 Å². The van der Waals surface area contributed by atoms with Crippen LogP contribution in [0.4, 0.5) is 11.6 Å². The highest BCUT2D eigenvalue weighted by atomic mass is 16.2. The Morgan fingerprint density at radius 2 is 1.62 bits per heavy atom. The molecule has 21 heavy (non-hydrogen) atoms. The molecule has 5 heteroatoms. The summed E-state index contributed by atoms with van der Waals surface area (Å²) in [7, 11) is 1.68. The monoisotopic (exact) mass is 284 g/mol. The molecule has 110 valence electrons. The van der Waals surface area contributed by atoms with Gasteiger partial charge in [-0.05, 0) is 26.0 Å². The van der Waals surface area contributed by atoms with E-state index in [0.717, 1.165) is 18.8 Å². The molecule has 1 amide bonds. The molecule has 0 spiro atoms. The molecular weight excluding hydrogens is 264 g/mol. The average Bonchev–Trinajstić information content (AvgIpc) is 2.56. The van der Waals surface area contributed by atoms with Crippen molar-refractivity contribution in [2.75, 3.05) is 29.9 Å². The number of carbonyl (C=O) groups is 1. The summed E-state index contributed by atoms with van der Waals surface area (Å²) < 4.78 is 0. The van der Waals surface area contributed by atoms with Crippen molar-refractivity contribution in [3.8, 4) is 0 Å². The Balaban J connectivity index is 2.17. The van der Waals surface area contributed by atoms with Crippen LogP contribution in [0.2, 0.25) is 0 Å². The quantitative estimate of drug-likeness (QED) is 0.847. The summed E-state index contributed by atoms with van der Waals surface area (Å²) in [5.41, 5.74) is 1.58. The molecule has 2 rings (SSSR count). The van der Waals surface area contributed by atoms with E-state index in [0.29, 0.717) is 11.5 Å². The van der Waals surface area contributed by atoms with Crippen molar-refractivity contribution in [3.05, 3.63) is 48.3 Å². The Kier molecular flexibility index (Phi) is 4.87. The third-order valence-corrected chi connectivity index (χ3v) is 3.38. The standard InChI is InChI=1S/C16H20N4O/c1-4-20(5-2)14-11-17-16(18-12-14)19(3)15(21)13-9-7-6-8-10-13/h6-12H,4-5H2,1-3H3. The fourth-order valence-electron chi connectivity index (χ4n) is 2.10. The van der Waals surface area contributed by atoms with E-state index in [4.69, 9.17) is 0 Å². The van der Waals surface area contributed by atoms with Crippen molar-refractivity contribution >= 4 is 17.5 Å². The number of aromatic nitrogens is 2. The van der Waals surface area contributed by atoms with Gasteiger partial charge in [-0.3, -0.25) is 9.69 Å². The van der Waals surface area contributed by atoms with Gasteiger partial charge in [0.1, 0.15) is 0 Å². The van der Waals surface area contributed by atoms with Crippen LogP contribution in [-0.2, 0) is 0 Å². The van der Waals surface area contributed by atoms with E-state index < -0.39 is 0 Å². The molecule has 0 bridgehead atoms. The molecular formula is C16H20N4O. The van der Waals surface area contributed by atoms with Crippen molar-refractivity contribution < 1.29 is 4.79 Å². The Bertz CT molecular complexity index is 579. The molecule has 0 saturated heterocycles. The number of anilines is 2. The van der Waals surface area contributed by atoms with Gasteiger partial charge in [-0.1, -0.05) is 18.2 Å². The fourth-order valence-corrected chi connectivity index (χ4v) is 2.10. The first kappa shape index (κ1) is 15.0. The first-order chi connectivity index (χ1) is 10.2. The highest BCUT2D eigenvalue weighted by Crippen LogP contribution is 2.15. The lowest BCUT2D eigenvalue weighted by molar-refractivity contribution is 0.0991. The molecule has 0 unspecified atom stereocenters. The van der Waals surface area contributed by atoms with Gasteiger partial charge in [0.25, 0.3) is 5.91 Å². The van der Waals surface area contributed by atoms with Crippen LogP contribution in [0.25, 0.3) is 0 Å². The van der Waals surface area contributed by atoms with E-state index >= 15 is 0 Å². The van der Waals surface area contributed by atoms with Crippen LogP contribution in [0, 0.1) is 0 Å². The van der Waals surface area contributed by atoms with E-state index in [1.165, 1.54) is 4.90 Å². The summed E-state index contributed by atoms with van der Waals surface area (Å²) in [6.07, 6.45) is 3.51. The van der Waals surface area contributed by atoms with Gasteiger partial charge in [0.05, 0.1) is 18.1 Å². The number of hydrogen-bond acceptors (Lipinski definition) is 4. The molecule has 0 atom stereocenters. The van der Waals surface area contributed by atoms with Crippen LogP contribution in [0.1, 0.15) is 24.2 Å². The zero-order valence-corrected chi connectivity index (χ0v) is 12.7. The highest BCUT2D eigenvalue weighted by molar-refractivity contribution is 6.04. The maximum absolute atomic E-state index is 12.3. The maximum atomic E-state index is 12.3. The van der Waals surface area contributed by atoms with E-state index in [1.807, 2.05) is 18.2 Å². The fraction of sp³-hybridized carbons (Fsp3) is 0.312. The van der Waals surface area contributed by atoms with Crippen molar-refractivity contribution in [3.63, 3.8) is 0 Å². The minimum Gasteiger partial charge on any atom is -0.370 e. The second-order valence-corrected chi connectivity index (χ2v) is 4.64. The second-order valence-electron chi connectivity index (χ2n) is 4.64. The number of carbonyl (C=O) groups excluding carboxylic acids is 1. The normalized spacial score (nSPS) is 10.2. The third kappa shape index (κ3) is 3.37. The largest absolute Gasteiger partial charge is 0.370 e. The summed E-state index contributed by atoms with van der Waals surface area (Å²) in [4.78, 5) is 24.5. The smallest absolute Gasteiger partial charge is 0.260 e. The van der Waals surface area contributed by atoms with Crippen LogP contribution in [0.15, 0.2) is 42.7 Å². The summed E-state index contributed by atoms with van der Waals surface area (Å²) in [6.45, 7) is 5.97. The van der Waals surface area contributed by atoms with E-state index in [-0.39, 0.29) is 5.91 Å². The van der Waals surface area contributed by atoms with Crippen LogP contribution in [0.3, 0.4) is 0 Å². The zero-order valence-electron chi connectivity index (χ0n) is 12.7. The molecule has 0 aliphatic carbocycles. The minimum absolute atomic E-state index is 0.119. The molecule has 1 aromatic carbocycles. The lowest BCUT2D eigenvalue weighted by Gasteiger charge is -2.21. The van der Waals surface area contributed by atoms with Crippen LogP contribution >= 0.6 is 0 Å². The van der Waals surface area contributed by atoms with Crippen LogP contribution < -0.4 is 9.80 Å². The second kappa shape index (κ2) is 6.83. The molecule has 0 aliphatic heterocycles. The molecule has 1 heterocycles. The van der Waals surface area contributed by atoms with Gasteiger partial charge in [0.2, 0.25) is 5.95 Å². The zero-order chi connectivity index (χ0) is 15.2. The van der Waals surface area contributed by atoms with Gasteiger partial charge in [0.15, 0.2) is 0 Å². The van der Waals surface area contributed by atoms with E-state index in [9.17, 15) is 4.79 Å².